The lowest BCUT2D eigenvalue weighted by Gasteiger charge is -2.15. The molecule has 1 N–H and O–H groups in total. The second-order valence-electron chi connectivity index (χ2n) is 6.82. The van der Waals surface area contributed by atoms with Crippen LogP contribution in [0, 0.1) is 6.92 Å². The molecule has 0 amide bonds. The fourth-order valence-corrected chi connectivity index (χ4v) is 2.91. The van der Waals surface area contributed by atoms with Crippen molar-refractivity contribution in [1.29, 1.82) is 0 Å². The summed E-state index contributed by atoms with van der Waals surface area (Å²) < 4.78 is 17.0. The molecule has 0 aliphatic heterocycles. The van der Waals surface area contributed by atoms with Crippen molar-refractivity contribution in [2.24, 2.45) is 0 Å². The van der Waals surface area contributed by atoms with E-state index < -0.39 is 0 Å². The maximum absolute atomic E-state index is 6.45. The maximum Gasteiger partial charge on any atom is 0.163 e. The second-order valence-corrected chi connectivity index (χ2v) is 7.23. The molecule has 0 saturated carbocycles. The minimum Gasteiger partial charge on any atom is -0.493 e. The molecule has 0 radical (unpaired) electrons. The van der Waals surface area contributed by atoms with Crippen LogP contribution in [0.5, 0.6) is 11.5 Å². The molecule has 0 fully saturated rings. The Morgan fingerprint density at radius 3 is 2.63 bits per heavy atom. The van der Waals surface area contributed by atoms with Crippen LogP contribution in [0.2, 0.25) is 5.02 Å². The van der Waals surface area contributed by atoms with Crippen LogP contribution in [0.25, 0.3) is 0 Å². The van der Waals surface area contributed by atoms with Crippen LogP contribution < -0.4 is 14.8 Å². The van der Waals surface area contributed by atoms with Gasteiger partial charge in [0, 0.05) is 24.2 Å². The van der Waals surface area contributed by atoms with E-state index in [-0.39, 0.29) is 6.10 Å². The summed E-state index contributed by atoms with van der Waals surface area (Å²) in [5, 5.41) is 4.06. The number of ether oxygens (including phenoxy) is 3. The Morgan fingerprint density at radius 2 is 1.93 bits per heavy atom. The lowest BCUT2D eigenvalue weighted by molar-refractivity contribution is 0.0770. The van der Waals surface area contributed by atoms with Crippen molar-refractivity contribution < 1.29 is 14.2 Å². The van der Waals surface area contributed by atoms with Crippen LogP contribution in [-0.4, -0.2) is 26.4 Å². The number of benzene rings is 2. The van der Waals surface area contributed by atoms with Gasteiger partial charge in [0.15, 0.2) is 11.5 Å². The summed E-state index contributed by atoms with van der Waals surface area (Å²) in [5.41, 5.74) is 3.31. The van der Waals surface area contributed by atoms with E-state index in [0.29, 0.717) is 29.7 Å². The van der Waals surface area contributed by atoms with E-state index in [1.54, 1.807) is 7.11 Å². The fourth-order valence-electron chi connectivity index (χ4n) is 2.69. The first-order valence-electron chi connectivity index (χ1n) is 9.36. The van der Waals surface area contributed by atoms with Gasteiger partial charge in [0.25, 0.3) is 0 Å². The molecule has 0 aliphatic rings. The van der Waals surface area contributed by atoms with Gasteiger partial charge < -0.3 is 19.5 Å². The quantitative estimate of drug-likeness (QED) is 0.538. The van der Waals surface area contributed by atoms with Crippen LogP contribution in [0.1, 0.15) is 37.0 Å². The molecule has 0 heterocycles. The predicted molar refractivity (Wildman–Crippen MR) is 111 cm³/mol. The van der Waals surface area contributed by atoms with Gasteiger partial charge in [-0.1, -0.05) is 41.4 Å². The van der Waals surface area contributed by atoms with Crippen LogP contribution in [0.4, 0.5) is 0 Å². The first kappa shape index (κ1) is 21.5. The van der Waals surface area contributed by atoms with E-state index in [1.807, 2.05) is 38.1 Å². The van der Waals surface area contributed by atoms with Crippen LogP contribution in [0.3, 0.4) is 0 Å². The first-order chi connectivity index (χ1) is 13.0. The summed E-state index contributed by atoms with van der Waals surface area (Å²) in [5.74, 6) is 1.34. The topological polar surface area (TPSA) is 39.7 Å². The normalized spacial score (nSPS) is 11.0. The fraction of sp³-hybridized carbons (Fsp3) is 0.455. The van der Waals surface area contributed by atoms with Crippen molar-refractivity contribution in [1.82, 2.24) is 5.32 Å². The van der Waals surface area contributed by atoms with Crippen LogP contribution >= 0.6 is 11.6 Å². The molecule has 0 spiro atoms. The molecule has 0 aromatic heterocycles. The molecule has 0 bridgehead atoms. The highest BCUT2D eigenvalue weighted by Crippen LogP contribution is 2.34. The lowest BCUT2D eigenvalue weighted by Crippen LogP contribution is -2.17. The smallest absolute Gasteiger partial charge is 0.163 e. The van der Waals surface area contributed by atoms with Gasteiger partial charge in [-0.05, 0) is 50.9 Å². The molecule has 0 aliphatic carbocycles. The Bertz CT molecular complexity index is 719. The van der Waals surface area contributed by atoms with E-state index >= 15 is 0 Å². The van der Waals surface area contributed by atoms with Crippen molar-refractivity contribution in [2.45, 2.75) is 46.4 Å². The van der Waals surface area contributed by atoms with Gasteiger partial charge in [0.1, 0.15) is 6.61 Å². The third-order valence-electron chi connectivity index (χ3n) is 4.07. The predicted octanol–water partition coefficient (Wildman–Crippen LogP) is 5.14. The third-order valence-corrected chi connectivity index (χ3v) is 4.43. The van der Waals surface area contributed by atoms with Gasteiger partial charge in [-0.15, -0.1) is 0 Å². The molecule has 2 aromatic carbocycles. The van der Waals surface area contributed by atoms with Crippen molar-refractivity contribution in [3.63, 3.8) is 0 Å². The summed E-state index contributed by atoms with van der Waals surface area (Å²) in [6, 6.07) is 12.0. The highest BCUT2D eigenvalue weighted by atomic mass is 35.5. The Kier molecular flexibility index (Phi) is 8.92. The molecule has 2 aromatic rings. The standard InChI is InChI=1S/C22H30ClNO3/c1-16(2)26-10-6-9-24-14-19-12-21(25-4)22(13-20(19)23)27-15-18-8-5-7-17(3)11-18/h5,7-8,11-13,16,24H,6,9-10,14-15H2,1-4H3. The van der Waals surface area contributed by atoms with Gasteiger partial charge in [0.2, 0.25) is 0 Å². The molecular formula is C22H30ClNO3. The van der Waals surface area contributed by atoms with Gasteiger partial charge >= 0.3 is 0 Å². The summed E-state index contributed by atoms with van der Waals surface area (Å²) in [6.45, 7) is 8.93. The summed E-state index contributed by atoms with van der Waals surface area (Å²) >= 11 is 6.45. The largest absolute Gasteiger partial charge is 0.493 e. The molecule has 0 saturated heterocycles. The maximum atomic E-state index is 6.45. The molecule has 27 heavy (non-hydrogen) atoms. The van der Waals surface area contributed by atoms with E-state index in [9.17, 15) is 0 Å². The SMILES string of the molecule is COc1cc(CNCCCOC(C)C)c(Cl)cc1OCc1cccc(C)c1. The monoisotopic (exact) mass is 391 g/mol. The molecule has 148 valence electrons. The lowest BCUT2D eigenvalue weighted by atomic mass is 10.1. The first-order valence-corrected chi connectivity index (χ1v) is 9.74. The van der Waals surface area contributed by atoms with E-state index in [2.05, 4.69) is 24.4 Å². The highest BCUT2D eigenvalue weighted by Gasteiger charge is 2.11. The van der Waals surface area contributed by atoms with Gasteiger partial charge in [-0.3, -0.25) is 0 Å². The zero-order chi connectivity index (χ0) is 19.6. The number of methoxy groups -OCH3 is 1. The van der Waals surface area contributed by atoms with Crippen molar-refractivity contribution in [3.05, 3.63) is 58.1 Å². The number of hydrogen-bond donors (Lipinski definition) is 1. The van der Waals surface area contributed by atoms with Crippen molar-refractivity contribution in [2.75, 3.05) is 20.3 Å². The molecule has 0 atom stereocenters. The average molecular weight is 392 g/mol. The zero-order valence-electron chi connectivity index (χ0n) is 16.7. The van der Waals surface area contributed by atoms with Crippen LogP contribution in [0.15, 0.2) is 36.4 Å². The highest BCUT2D eigenvalue weighted by molar-refractivity contribution is 6.31. The number of aryl methyl sites for hydroxylation is 1. The minimum absolute atomic E-state index is 0.274. The second kappa shape index (κ2) is 11.2. The zero-order valence-corrected chi connectivity index (χ0v) is 17.4. The Morgan fingerprint density at radius 1 is 1.11 bits per heavy atom. The molecular weight excluding hydrogens is 362 g/mol. The van der Waals surface area contributed by atoms with Crippen molar-refractivity contribution in [3.8, 4) is 11.5 Å². The molecule has 0 unspecified atom stereocenters. The summed E-state index contributed by atoms with van der Waals surface area (Å²) in [6.07, 6.45) is 1.24. The number of nitrogens with one attached hydrogen (secondary N) is 1. The summed E-state index contributed by atoms with van der Waals surface area (Å²) in [4.78, 5) is 0. The number of hydrogen-bond acceptors (Lipinski definition) is 4. The minimum atomic E-state index is 0.274. The molecule has 2 rings (SSSR count). The average Bonchev–Trinajstić information content (AvgIpc) is 2.63. The van der Waals surface area contributed by atoms with Crippen LogP contribution in [-0.2, 0) is 17.9 Å². The Hall–Kier alpha value is -1.75. The van der Waals surface area contributed by atoms with E-state index in [1.165, 1.54) is 5.56 Å². The number of halogens is 1. The third kappa shape index (κ3) is 7.41. The van der Waals surface area contributed by atoms with Gasteiger partial charge in [-0.2, -0.15) is 0 Å². The molecule has 5 heteroatoms. The summed E-state index contributed by atoms with van der Waals surface area (Å²) in [7, 11) is 1.64. The van der Waals surface area contributed by atoms with E-state index in [0.717, 1.165) is 30.7 Å². The van der Waals surface area contributed by atoms with Gasteiger partial charge in [0.05, 0.1) is 13.2 Å². The van der Waals surface area contributed by atoms with E-state index in [4.69, 9.17) is 25.8 Å². The Labute approximate surface area is 167 Å². The Balaban J connectivity index is 1.91. The van der Waals surface area contributed by atoms with Gasteiger partial charge in [-0.25, -0.2) is 0 Å². The molecule has 4 nitrogen and oxygen atoms in total. The number of rotatable bonds is 11. The van der Waals surface area contributed by atoms with Crippen molar-refractivity contribution >= 4 is 11.6 Å².